The summed E-state index contributed by atoms with van der Waals surface area (Å²) in [4.78, 5) is 27.2. The first-order valence-electron chi connectivity index (χ1n) is 7.61. The highest BCUT2D eigenvalue weighted by Gasteiger charge is 2.30. The van der Waals surface area contributed by atoms with Gasteiger partial charge in [-0.3, -0.25) is 9.59 Å². The second kappa shape index (κ2) is 7.09. The maximum atomic E-state index is 12.4. The fraction of sp³-hybridized carbons (Fsp3) is 0.333. The van der Waals surface area contributed by atoms with Crippen molar-refractivity contribution >= 4 is 17.5 Å². The molecule has 6 heteroatoms. The molecule has 0 radical (unpaired) electrons. The van der Waals surface area contributed by atoms with E-state index >= 15 is 0 Å². The number of nitrogens with one attached hydrogen (secondary N) is 2. The number of aryl methyl sites for hydroxylation is 2. The Morgan fingerprint density at radius 3 is 2.46 bits per heavy atom. The summed E-state index contributed by atoms with van der Waals surface area (Å²) >= 11 is 5.84. The van der Waals surface area contributed by atoms with E-state index in [9.17, 15) is 9.59 Å². The minimum atomic E-state index is -1.08. The van der Waals surface area contributed by atoms with Crippen LogP contribution in [0, 0.1) is 13.8 Å². The van der Waals surface area contributed by atoms with Crippen LogP contribution in [0.15, 0.2) is 35.1 Å². The van der Waals surface area contributed by atoms with E-state index < -0.39 is 5.60 Å². The molecule has 2 aromatic rings. The maximum Gasteiger partial charge on any atom is 0.263 e. The largest absolute Gasteiger partial charge is 0.478 e. The van der Waals surface area contributed by atoms with Gasteiger partial charge in [-0.2, -0.15) is 0 Å². The number of carbonyl (C=O) groups excluding carboxylic acids is 1. The van der Waals surface area contributed by atoms with Gasteiger partial charge in [-0.15, -0.1) is 0 Å². The van der Waals surface area contributed by atoms with Crippen LogP contribution in [0.2, 0.25) is 5.02 Å². The molecule has 128 valence electrons. The second-order valence-electron chi connectivity index (χ2n) is 6.19. The van der Waals surface area contributed by atoms with Crippen LogP contribution in [0.3, 0.4) is 0 Å². The minimum Gasteiger partial charge on any atom is -0.478 e. The van der Waals surface area contributed by atoms with Gasteiger partial charge in [0.2, 0.25) is 0 Å². The Morgan fingerprint density at radius 2 is 1.88 bits per heavy atom. The molecule has 0 aliphatic carbocycles. The summed E-state index contributed by atoms with van der Waals surface area (Å²) in [7, 11) is 0. The number of hydrogen-bond acceptors (Lipinski definition) is 3. The Labute approximate surface area is 146 Å². The Kier molecular flexibility index (Phi) is 5.34. The third kappa shape index (κ3) is 4.38. The molecule has 2 rings (SSSR count). The number of halogens is 1. The average molecular weight is 349 g/mol. The SMILES string of the molecule is Cc1cc(C)c(CNC(=O)C(C)(C)Oc2ccc(Cl)cc2)c(=O)[nH]1. The van der Waals surface area contributed by atoms with Crippen molar-refractivity contribution in [2.75, 3.05) is 0 Å². The molecule has 0 saturated heterocycles. The van der Waals surface area contributed by atoms with E-state index in [1.165, 1.54) is 0 Å². The van der Waals surface area contributed by atoms with Crippen LogP contribution >= 0.6 is 11.6 Å². The number of benzene rings is 1. The van der Waals surface area contributed by atoms with Crippen molar-refractivity contribution in [1.82, 2.24) is 10.3 Å². The van der Waals surface area contributed by atoms with E-state index in [1.54, 1.807) is 38.1 Å². The number of H-pyrrole nitrogens is 1. The van der Waals surface area contributed by atoms with Crippen LogP contribution in [0.5, 0.6) is 5.75 Å². The van der Waals surface area contributed by atoms with E-state index in [0.717, 1.165) is 11.3 Å². The van der Waals surface area contributed by atoms with Crippen molar-refractivity contribution in [3.63, 3.8) is 0 Å². The van der Waals surface area contributed by atoms with Crippen molar-refractivity contribution in [3.8, 4) is 5.75 Å². The summed E-state index contributed by atoms with van der Waals surface area (Å²) in [6.07, 6.45) is 0. The number of carbonyl (C=O) groups is 1. The predicted octanol–water partition coefficient (Wildman–Crippen LogP) is 3.12. The lowest BCUT2D eigenvalue weighted by Gasteiger charge is -2.25. The van der Waals surface area contributed by atoms with Gasteiger partial charge in [0.25, 0.3) is 11.5 Å². The van der Waals surface area contributed by atoms with Gasteiger partial charge in [0.15, 0.2) is 5.60 Å². The standard InChI is InChI=1S/C18H21ClN2O3/c1-11-9-12(2)21-16(22)15(11)10-20-17(23)18(3,4)24-14-7-5-13(19)6-8-14/h5-9H,10H2,1-4H3,(H,20,23)(H,21,22). The number of hydrogen-bond donors (Lipinski definition) is 2. The van der Waals surface area contributed by atoms with Crippen LogP contribution in [0.25, 0.3) is 0 Å². The van der Waals surface area contributed by atoms with Crippen molar-refractivity contribution in [2.45, 2.75) is 39.8 Å². The lowest BCUT2D eigenvalue weighted by atomic mass is 10.1. The molecule has 0 aliphatic heterocycles. The van der Waals surface area contributed by atoms with E-state index in [1.807, 2.05) is 19.9 Å². The Morgan fingerprint density at radius 1 is 1.25 bits per heavy atom. The molecule has 0 atom stereocenters. The van der Waals surface area contributed by atoms with Crippen molar-refractivity contribution in [3.05, 3.63) is 62.5 Å². The molecule has 2 N–H and O–H groups in total. The molecular formula is C18H21ClN2O3. The summed E-state index contributed by atoms with van der Waals surface area (Å²) in [6, 6.07) is 8.66. The monoisotopic (exact) mass is 348 g/mol. The molecule has 0 aliphatic rings. The molecule has 0 fully saturated rings. The first kappa shape index (κ1) is 18.1. The summed E-state index contributed by atoms with van der Waals surface area (Å²) in [5.74, 6) is 0.237. The molecule has 24 heavy (non-hydrogen) atoms. The molecular weight excluding hydrogens is 328 g/mol. The number of ether oxygens (including phenoxy) is 1. The van der Waals surface area contributed by atoms with E-state index in [4.69, 9.17) is 16.3 Å². The quantitative estimate of drug-likeness (QED) is 0.872. The topological polar surface area (TPSA) is 71.2 Å². The lowest BCUT2D eigenvalue weighted by Crippen LogP contribution is -2.46. The normalized spacial score (nSPS) is 11.2. The zero-order valence-electron chi connectivity index (χ0n) is 14.2. The fourth-order valence-electron chi connectivity index (χ4n) is 2.33. The molecule has 0 saturated carbocycles. The molecule has 1 amide bonds. The van der Waals surface area contributed by atoms with Crippen LogP contribution < -0.4 is 15.6 Å². The van der Waals surface area contributed by atoms with Crippen LogP contribution in [-0.2, 0) is 11.3 Å². The third-order valence-corrected chi connectivity index (χ3v) is 3.90. The predicted molar refractivity (Wildman–Crippen MR) is 94.5 cm³/mol. The summed E-state index contributed by atoms with van der Waals surface area (Å²) < 4.78 is 5.73. The van der Waals surface area contributed by atoms with E-state index in [2.05, 4.69) is 10.3 Å². The second-order valence-corrected chi connectivity index (χ2v) is 6.63. The van der Waals surface area contributed by atoms with Gasteiger partial charge in [0, 0.05) is 22.8 Å². The van der Waals surface area contributed by atoms with Crippen molar-refractivity contribution in [1.29, 1.82) is 0 Å². The number of amides is 1. The van der Waals surface area contributed by atoms with Crippen molar-refractivity contribution in [2.24, 2.45) is 0 Å². The highest BCUT2D eigenvalue weighted by atomic mass is 35.5. The van der Waals surface area contributed by atoms with Gasteiger partial charge in [0.1, 0.15) is 5.75 Å². The number of aromatic amines is 1. The maximum absolute atomic E-state index is 12.4. The molecule has 5 nitrogen and oxygen atoms in total. The van der Waals surface area contributed by atoms with Gasteiger partial charge in [-0.1, -0.05) is 11.6 Å². The molecule has 1 aromatic carbocycles. The summed E-state index contributed by atoms with van der Waals surface area (Å²) in [5, 5.41) is 3.36. The zero-order valence-corrected chi connectivity index (χ0v) is 15.0. The molecule has 0 bridgehead atoms. The first-order chi connectivity index (χ1) is 11.2. The Balaban J connectivity index is 2.06. The number of aromatic nitrogens is 1. The first-order valence-corrected chi connectivity index (χ1v) is 7.99. The van der Waals surface area contributed by atoms with Gasteiger partial charge in [-0.25, -0.2) is 0 Å². The molecule has 0 unspecified atom stereocenters. The Hall–Kier alpha value is -2.27. The van der Waals surface area contributed by atoms with Gasteiger partial charge >= 0.3 is 0 Å². The number of pyridine rings is 1. The average Bonchev–Trinajstić information content (AvgIpc) is 2.48. The Bertz CT molecular complexity index is 795. The lowest BCUT2D eigenvalue weighted by molar-refractivity contribution is -0.134. The summed E-state index contributed by atoms with van der Waals surface area (Å²) in [6.45, 7) is 7.15. The molecule has 1 aromatic heterocycles. The van der Waals surface area contributed by atoms with Gasteiger partial charge in [-0.05, 0) is 63.6 Å². The molecule has 1 heterocycles. The highest BCUT2D eigenvalue weighted by Crippen LogP contribution is 2.21. The van der Waals surface area contributed by atoms with Gasteiger partial charge < -0.3 is 15.0 Å². The van der Waals surface area contributed by atoms with Crippen LogP contribution in [0.4, 0.5) is 0 Å². The smallest absolute Gasteiger partial charge is 0.263 e. The van der Waals surface area contributed by atoms with Crippen LogP contribution in [0.1, 0.15) is 30.7 Å². The minimum absolute atomic E-state index is 0.147. The summed E-state index contributed by atoms with van der Waals surface area (Å²) in [5.41, 5.74) is 0.895. The van der Waals surface area contributed by atoms with Gasteiger partial charge in [0.05, 0.1) is 0 Å². The van der Waals surface area contributed by atoms with E-state index in [0.29, 0.717) is 16.3 Å². The highest BCUT2D eigenvalue weighted by molar-refractivity contribution is 6.30. The zero-order chi connectivity index (χ0) is 17.9. The number of rotatable bonds is 5. The van der Waals surface area contributed by atoms with Crippen LogP contribution in [-0.4, -0.2) is 16.5 Å². The van der Waals surface area contributed by atoms with Crippen molar-refractivity contribution < 1.29 is 9.53 Å². The fourth-order valence-corrected chi connectivity index (χ4v) is 2.45. The van der Waals surface area contributed by atoms with E-state index in [-0.39, 0.29) is 18.0 Å². The third-order valence-electron chi connectivity index (χ3n) is 3.65. The molecule has 0 spiro atoms.